The molecule has 3 heteroatoms. The Balaban J connectivity index is 1.93. The average Bonchev–Trinajstić information content (AvgIpc) is 2.45. The van der Waals surface area contributed by atoms with Crippen LogP contribution in [0.25, 0.3) is 0 Å². The molecule has 0 amide bonds. The fourth-order valence-electron chi connectivity index (χ4n) is 2.39. The Morgan fingerprint density at radius 1 is 1.27 bits per heavy atom. The highest BCUT2D eigenvalue weighted by atomic mass is 79.9. The molecule has 0 aliphatic heterocycles. The second-order valence-electron chi connectivity index (χ2n) is 3.67. The van der Waals surface area contributed by atoms with E-state index in [4.69, 9.17) is 0 Å². The topological polar surface area (TPSA) is 0 Å². The minimum atomic E-state index is 0.0766. The molecule has 0 N–H and O–H groups in total. The highest BCUT2D eigenvalue weighted by Gasteiger charge is 2.35. The molecule has 0 heterocycles. The SMILES string of the molecule is BrC(Br)[SiH2]C1CC2C=CC1C2. The molecule has 1 saturated carbocycles. The molecule has 3 unspecified atom stereocenters. The van der Waals surface area contributed by atoms with Crippen molar-refractivity contribution in [2.75, 3.05) is 0 Å². The summed E-state index contributed by atoms with van der Waals surface area (Å²) in [5.41, 5.74) is 1.08. The van der Waals surface area contributed by atoms with Gasteiger partial charge in [0, 0.05) is 0 Å². The van der Waals surface area contributed by atoms with Crippen molar-refractivity contribution in [1.82, 2.24) is 0 Å². The van der Waals surface area contributed by atoms with E-state index >= 15 is 0 Å². The summed E-state index contributed by atoms with van der Waals surface area (Å²) < 4.78 is 0.660. The lowest BCUT2D eigenvalue weighted by Crippen LogP contribution is -2.14. The molecule has 2 aliphatic carbocycles. The summed E-state index contributed by atoms with van der Waals surface area (Å²) in [5.74, 6) is 1.92. The summed E-state index contributed by atoms with van der Waals surface area (Å²) in [5, 5.41) is 0. The third kappa shape index (κ3) is 1.81. The van der Waals surface area contributed by atoms with Crippen LogP contribution in [0, 0.1) is 11.8 Å². The molecule has 2 bridgehead atoms. The van der Waals surface area contributed by atoms with E-state index in [1.807, 2.05) is 0 Å². The van der Waals surface area contributed by atoms with Gasteiger partial charge in [-0.3, -0.25) is 0 Å². The van der Waals surface area contributed by atoms with Crippen LogP contribution in [0.2, 0.25) is 5.54 Å². The molecule has 2 aliphatic rings. The molecule has 0 radical (unpaired) electrons. The quantitative estimate of drug-likeness (QED) is 0.417. The van der Waals surface area contributed by atoms with Gasteiger partial charge < -0.3 is 0 Å². The highest BCUT2D eigenvalue weighted by Crippen LogP contribution is 2.47. The maximum absolute atomic E-state index is 3.61. The maximum atomic E-state index is 3.61. The summed E-state index contributed by atoms with van der Waals surface area (Å²) in [7, 11) is 0.0766. The van der Waals surface area contributed by atoms with Crippen LogP contribution < -0.4 is 0 Å². The van der Waals surface area contributed by atoms with Crippen molar-refractivity contribution in [3.05, 3.63) is 12.2 Å². The van der Waals surface area contributed by atoms with Crippen LogP contribution in [-0.4, -0.2) is 12.9 Å². The van der Waals surface area contributed by atoms with Gasteiger partial charge in [-0.15, -0.1) is 0 Å². The summed E-state index contributed by atoms with van der Waals surface area (Å²) in [4.78, 5) is 0. The van der Waals surface area contributed by atoms with Crippen LogP contribution in [0.4, 0.5) is 0 Å². The number of rotatable bonds is 2. The summed E-state index contributed by atoms with van der Waals surface area (Å²) in [6, 6.07) is 0. The van der Waals surface area contributed by atoms with Gasteiger partial charge in [0.1, 0.15) is 0 Å². The van der Waals surface area contributed by atoms with Crippen LogP contribution in [0.15, 0.2) is 12.2 Å². The predicted octanol–water partition coefficient (Wildman–Crippen LogP) is 2.61. The van der Waals surface area contributed by atoms with E-state index in [9.17, 15) is 0 Å². The lowest BCUT2D eigenvalue weighted by molar-refractivity contribution is 0.689. The van der Waals surface area contributed by atoms with Gasteiger partial charge in [0.15, 0.2) is 0 Å². The smallest absolute Gasteiger partial charge is 0.0554 e. The Labute approximate surface area is 86.9 Å². The molecule has 2 rings (SSSR count). The third-order valence-electron chi connectivity index (χ3n) is 2.90. The highest BCUT2D eigenvalue weighted by molar-refractivity contribution is 9.25. The van der Waals surface area contributed by atoms with Crippen molar-refractivity contribution in [2.24, 2.45) is 11.8 Å². The first-order chi connectivity index (χ1) is 5.25. The van der Waals surface area contributed by atoms with Gasteiger partial charge in [0.25, 0.3) is 0 Å². The van der Waals surface area contributed by atoms with Crippen LogP contribution in [0.5, 0.6) is 0 Å². The van der Waals surface area contributed by atoms with Gasteiger partial charge in [-0.05, 0) is 30.2 Å². The first-order valence-electron chi connectivity index (χ1n) is 4.22. The van der Waals surface area contributed by atoms with E-state index in [-0.39, 0.29) is 9.52 Å². The van der Waals surface area contributed by atoms with Crippen molar-refractivity contribution < 1.29 is 0 Å². The Kier molecular flexibility index (Phi) is 2.59. The second-order valence-corrected chi connectivity index (χ2v) is 11.8. The lowest BCUT2D eigenvalue weighted by atomic mass is 10.1. The number of fused-ring (bicyclic) bond motifs is 2. The Bertz CT molecular complexity index is 179. The van der Waals surface area contributed by atoms with Gasteiger partial charge in [-0.25, -0.2) is 0 Å². The van der Waals surface area contributed by atoms with E-state index in [1.54, 1.807) is 0 Å². The van der Waals surface area contributed by atoms with Gasteiger partial charge in [-0.1, -0.05) is 44.0 Å². The Hall–Kier alpha value is 0.917. The lowest BCUT2D eigenvalue weighted by Gasteiger charge is -2.17. The van der Waals surface area contributed by atoms with E-state index in [0.717, 1.165) is 17.4 Å². The van der Waals surface area contributed by atoms with Gasteiger partial charge in [0.05, 0.1) is 12.9 Å². The zero-order chi connectivity index (χ0) is 7.84. The van der Waals surface area contributed by atoms with Crippen LogP contribution in [0.1, 0.15) is 12.8 Å². The first-order valence-corrected chi connectivity index (χ1v) is 7.68. The Morgan fingerprint density at radius 3 is 2.55 bits per heavy atom. The zero-order valence-corrected chi connectivity index (χ0v) is 10.9. The number of halogens is 2. The van der Waals surface area contributed by atoms with Gasteiger partial charge >= 0.3 is 0 Å². The molecule has 0 spiro atoms. The van der Waals surface area contributed by atoms with E-state index in [1.165, 1.54) is 12.8 Å². The fraction of sp³-hybridized carbons (Fsp3) is 0.750. The number of alkyl halides is 2. The maximum Gasteiger partial charge on any atom is 0.0554 e. The largest absolute Gasteiger partial charge is 0.0851 e. The van der Waals surface area contributed by atoms with Crippen LogP contribution in [-0.2, 0) is 0 Å². The fourth-order valence-corrected chi connectivity index (χ4v) is 7.05. The molecule has 62 valence electrons. The molecule has 3 atom stereocenters. The Morgan fingerprint density at radius 2 is 2.09 bits per heavy atom. The monoisotopic (exact) mass is 294 g/mol. The summed E-state index contributed by atoms with van der Waals surface area (Å²) in [6.45, 7) is 0. The molecule has 0 aromatic carbocycles. The number of allylic oxidation sites excluding steroid dienone is 2. The third-order valence-corrected chi connectivity index (χ3v) is 7.04. The molecule has 11 heavy (non-hydrogen) atoms. The van der Waals surface area contributed by atoms with E-state index in [0.29, 0.717) is 3.36 Å². The van der Waals surface area contributed by atoms with Crippen molar-refractivity contribution in [1.29, 1.82) is 0 Å². The van der Waals surface area contributed by atoms with E-state index < -0.39 is 0 Å². The normalized spacial score (nSPS) is 41.9. The van der Waals surface area contributed by atoms with Crippen LogP contribution >= 0.6 is 31.9 Å². The van der Waals surface area contributed by atoms with Crippen molar-refractivity contribution in [2.45, 2.75) is 21.7 Å². The second kappa shape index (κ2) is 3.34. The van der Waals surface area contributed by atoms with Crippen LogP contribution in [0.3, 0.4) is 0 Å². The zero-order valence-electron chi connectivity index (χ0n) is 6.34. The van der Waals surface area contributed by atoms with Crippen molar-refractivity contribution in [3.63, 3.8) is 0 Å². The summed E-state index contributed by atoms with van der Waals surface area (Å²) >= 11 is 7.22. The summed E-state index contributed by atoms with van der Waals surface area (Å²) in [6.07, 6.45) is 7.83. The standard InChI is InChI=1S/C8H12Br2Si/c9-8(10)11-7-4-5-1-2-6(7)3-5/h1-2,5-8H,3-4,11H2. The van der Waals surface area contributed by atoms with Gasteiger partial charge in [0.2, 0.25) is 0 Å². The molecule has 0 aromatic heterocycles. The van der Waals surface area contributed by atoms with Gasteiger partial charge in [-0.2, -0.15) is 0 Å². The average molecular weight is 296 g/mol. The van der Waals surface area contributed by atoms with E-state index in [2.05, 4.69) is 44.0 Å². The molecule has 0 saturated heterocycles. The molecule has 1 fully saturated rings. The molecular formula is C8H12Br2Si. The molecular weight excluding hydrogens is 284 g/mol. The molecule has 0 nitrogen and oxygen atoms in total. The molecule has 0 aromatic rings. The van der Waals surface area contributed by atoms with Crippen molar-refractivity contribution >= 4 is 41.4 Å². The minimum Gasteiger partial charge on any atom is -0.0851 e. The van der Waals surface area contributed by atoms with Crippen molar-refractivity contribution in [3.8, 4) is 0 Å². The first kappa shape index (κ1) is 8.51. The number of hydrogen-bond donors (Lipinski definition) is 0. The minimum absolute atomic E-state index is 0.0766. The predicted molar refractivity (Wildman–Crippen MR) is 59.3 cm³/mol. The number of hydrogen-bond acceptors (Lipinski definition) is 0.